The second-order valence-corrected chi connectivity index (χ2v) is 14.0. The molecule has 5 heterocycles. The minimum atomic E-state index is -3.46. The van der Waals surface area contributed by atoms with Crippen LogP contribution in [0.25, 0.3) is 33.4 Å². The maximum atomic E-state index is 14.1. The predicted octanol–water partition coefficient (Wildman–Crippen LogP) is 4.33. The Bertz CT molecular complexity index is 2050. The summed E-state index contributed by atoms with van der Waals surface area (Å²) in [7, 11) is 0.152. The van der Waals surface area contributed by atoms with Crippen LogP contribution >= 0.6 is 0 Å². The van der Waals surface area contributed by atoms with Gasteiger partial charge in [-0.3, -0.25) is 19.3 Å². The van der Waals surface area contributed by atoms with E-state index in [0.29, 0.717) is 33.8 Å². The highest BCUT2D eigenvalue weighted by molar-refractivity contribution is 7.88. The van der Waals surface area contributed by atoms with Gasteiger partial charge in [0.05, 0.1) is 11.9 Å². The number of nitrogens with one attached hydrogen (secondary N) is 1. The van der Waals surface area contributed by atoms with E-state index in [2.05, 4.69) is 27.2 Å². The molecule has 0 unspecified atom stereocenters. The van der Waals surface area contributed by atoms with Gasteiger partial charge in [-0.15, -0.1) is 0 Å². The topological polar surface area (TPSA) is 135 Å². The molecule has 4 aromatic heterocycles. The SMILES string of the molecule is Cc1nc(-c2cccnc2)ccc1-c1cc2cnc(Nc3ccc(OC4CCN(C)CC4)cc3)nc2n(CCN(C)S(C)(=O)=O)c1=O. The van der Waals surface area contributed by atoms with Gasteiger partial charge in [0.1, 0.15) is 17.5 Å². The summed E-state index contributed by atoms with van der Waals surface area (Å²) in [6.07, 6.45) is 8.44. The van der Waals surface area contributed by atoms with Crippen LogP contribution in [0.5, 0.6) is 5.75 Å². The number of sulfonamides is 1. The molecule has 12 nitrogen and oxygen atoms in total. The van der Waals surface area contributed by atoms with E-state index in [-0.39, 0.29) is 24.8 Å². The highest BCUT2D eigenvalue weighted by atomic mass is 32.2. The summed E-state index contributed by atoms with van der Waals surface area (Å²) in [5.41, 5.74) is 4.22. The molecule has 0 saturated carbocycles. The van der Waals surface area contributed by atoms with Gasteiger partial charge in [-0.2, -0.15) is 4.98 Å². The molecule has 0 spiro atoms. The van der Waals surface area contributed by atoms with E-state index in [1.807, 2.05) is 55.5 Å². The fraction of sp³-hybridized carbons (Fsp3) is 0.324. The average molecular weight is 655 g/mol. The van der Waals surface area contributed by atoms with Gasteiger partial charge in [0.2, 0.25) is 16.0 Å². The Hall–Kier alpha value is -4.72. The lowest BCUT2D eigenvalue weighted by Gasteiger charge is -2.29. The Morgan fingerprint density at radius 3 is 2.47 bits per heavy atom. The third-order valence-corrected chi connectivity index (χ3v) is 9.76. The van der Waals surface area contributed by atoms with E-state index >= 15 is 0 Å². The molecular formula is C34H38N8O4S. The van der Waals surface area contributed by atoms with Crippen LogP contribution < -0.4 is 15.6 Å². The van der Waals surface area contributed by atoms with E-state index in [9.17, 15) is 13.2 Å². The van der Waals surface area contributed by atoms with Crippen LogP contribution in [0.1, 0.15) is 18.5 Å². The number of hydrogen-bond acceptors (Lipinski definition) is 10. The molecule has 1 aliphatic heterocycles. The molecule has 6 rings (SSSR count). The molecule has 1 saturated heterocycles. The van der Waals surface area contributed by atoms with Gasteiger partial charge in [-0.25, -0.2) is 17.7 Å². The molecule has 47 heavy (non-hydrogen) atoms. The van der Waals surface area contributed by atoms with Gasteiger partial charge < -0.3 is 15.0 Å². The molecule has 244 valence electrons. The van der Waals surface area contributed by atoms with Crippen molar-refractivity contribution in [1.82, 2.24) is 33.7 Å². The number of hydrogen-bond donors (Lipinski definition) is 1. The van der Waals surface area contributed by atoms with Gasteiger partial charge in [-0.05, 0) is 75.3 Å². The quantitative estimate of drug-likeness (QED) is 0.232. The van der Waals surface area contributed by atoms with Crippen LogP contribution in [0.2, 0.25) is 0 Å². The van der Waals surface area contributed by atoms with E-state index in [4.69, 9.17) is 14.7 Å². The summed E-state index contributed by atoms with van der Waals surface area (Å²) in [4.78, 5) is 34.6. The second-order valence-electron chi connectivity index (χ2n) is 11.9. The Morgan fingerprint density at radius 2 is 1.79 bits per heavy atom. The largest absolute Gasteiger partial charge is 0.490 e. The molecule has 1 N–H and O–H groups in total. The highest BCUT2D eigenvalue weighted by Crippen LogP contribution is 2.27. The van der Waals surface area contributed by atoms with Gasteiger partial charge in [0, 0.05) is 85.3 Å². The maximum absolute atomic E-state index is 14.1. The normalized spacial score (nSPS) is 14.5. The number of anilines is 2. The van der Waals surface area contributed by atoms with Crippen molar-refractivity contribution >= 4 is 32.7 Å². The Morgan fingerprint density at radius 1 is 1.02 bits per heavy atom. The Balaban J connectivity index is 1.31. The fourth-order valence-electron chi connectivity index (χ4n) is 5.59. The van der Waals surface area contributed by atoms with Crippen LogP contribution in [-0.2, 0) is 16.6 Å². The van der Waals surface area contributed by atoms with Crippen molar-refractivity contribution in [2.75, 3.05) is 45.3 Å². The molecule has 0 radical (unpaired) electrons. The van der Waals surface area contributed by atoms with Crippen LogP contribution in [0.3, 0.4) is 0 Å². The van der Waals surface area contributed by atoms with E-state index in [1.165, 1.54) is 15.9 Å². The summed E-state index contributed by atoms with van der Waals surface area (Å²) in [5, 5.41) is 3.85. The third kappa shape index (κ3) is 7.48. The van der Waals surface area contributed by atoms with Crippen molar-refractivity contribution in [3.05, 3.63) is 89.2 Å². The first-order valence-electron chi connectivity index (χ1n) is 15.5. The zero-order chi connectivity index (χ0) is 33.1. The number of piperidine rings is 1. The number of ether oxygens (including phenoxy) is 1. The number of nitrogens with zero attached hydrogens (tertiary/aromatic N) is 7. The zero-order valence-electron chi connectivity index (χ0n) is 26.9. The van der Waals surface area contributed by atoms with Crippen molar-refractivity contribution in [3.63, 3.8) is 0 Å². The van der Waals surface area contributed by atoms with Gasteiger partial charge in [0.15, 0.2) is 0 Å². The molecule has 1 fully saturated rings. The number of rotatable bonds is 10. The molecule has 0 bridgehead atoms. The van der Waals surface area contributed by atoms with Gasteiger partial charge in [0.25, 0.3) is 5.56 Å². The summed E-state index contributed by atoms with van der Waals surface area (Å²) in [6.45, 7) is 4.08. The second kappa shape index (κ2) is 13.6. The van der Waals surface area contributed by atoms with Crippen molar-refractivity contribution in [1.29, 1.82) is 0 Å². The molecular weight excluding hydrogens is 616 g/mol. The lowest BCUT2D eigenvalue weighted by molar-refractivity contribution is 0.114. The average Bonchev–Trinajstić information content (AvgIpc) is 3.06. The van der Waals surface area contributed by atoms with Crippen molar-refractivity contribution in [2.45, 2.75) is 32.4 Å². The monoisotopic (exact) mass is 654 g/mol. The number of likely N-dealkylation sites (tertiary alicyclic amines) is 1. The molecule has 1 aliphatic rings. The number of aryl methyl sites for hydroxylation is 1. The number of pyridine rings is 3. The molecule has 13 heteroatoms. The summed E-state index contributed by atoms with van der Waals surface area (Å²) in [5.74, 6) is 1.11. The number of aromatic nitrogens is 5. The minimum Gasteiger partial charge on any atom is -0.490 e. The standard InChI is InChI=1S/C34H38N8O4S/c1-23-29(11-12-31(37-23)24-6-5-15-35-21-24)30-20-25-22-36-34(39-32(25)42(33(30)43)19-18-41(3)47(4,44)45)38-26-7-9-27(10-8-26)46-28-13-16-40(2)17-14-28/h5-12,15,20-22,28H,13-14,16-19H2,1-4H3,(H,36,38,39). The number of benzene rings is 1. The number of likely N-dealkylation sites (N-methyl/N-ethyl adjacent to an activating group) is 1. The van der Waals surface area contributed by atoms with Gasteiger partial charge >= 0.3 is 0 Å². The van der Waals surface area contributed by atoms with Crippen molar-refractivity contribution in [2.24, 2.45) is 0 Å². The van der Waals surface area contributed by atoms with Crippen LogP contribution in [0, 0.1) is 6.92 Å². The molecule has 0 amide bonds. The van der Waals surface area contributed by atoms with Crippen LogP contribution in [0.4, 0.5) is 11.6 Å². The highest BCUT2D eigenvalue weighted by Gasteiger charge is 2.20. The minimum absolute atomic E-state index is 0.0833. The molecule has 1 aromatic carbocycles. The van der Waals surface area contributed by atoms with Crippen molar-refractivity contribution < 1.29 is 13.2 Å². The lowest BCUT2D eigenvalue weighted by Crippen LogP contribution is -2.35. The van der Waals surface area contributed by atoms with Crippen LogP contribution in [0.15, 0.2) is 78.0 Å². The molecule has 5 aromatic rings. The lowest BCUT2D eigenvalue weighted by atomic mass is 10.0. The summed E-state index contributed by atoms with van der Waals surface area (Å²) < 4.78 is 33.2. The number of fused-ring (bicyclic) bond motifs is 1. The van der Waals surface area contributed by atoms with E-state index in [1.54, 1.807) is 24.7 Å². The van der Waals surface area contributed by atoms with E-state index in [0.717, 1.165) is 54.9 Å². The van der Waals surface area contributed by atoms with E-state index < -0.39 is 10.0 Å². The first-order chi connectivity index (χ1) is 22.5. The van der Waals surface area contributed by atoms with Gasteiger partial charge in [-0.1, -0.05) is 6.07 Å². The Kier molecular flexibility index (Phi) is 9.30. The zero-order valence-corrected chi connectivity index (χ0v) is 27.7. The summed E-state index contributed by atoms with van der Waals surface area (Å²) >= 11 is 0. The molecule has 0 aliphatic carbocycles. The first kappa shape index (κ1) is 32.2. The van der Waals surface area contributed by atoms with Crippen molar-refractivity contribution in [3.8, 4) is 28.1 Å². The molecule has 0 atom stereocenters. The first-order valence-corrected chi connectivity index (χ1v) is 17.3. The third-order valence-electron chi connectivity index (χ3n) is 8.44. The maximum Gasteiger partial charge on any atom is 0.260 e. The summed E-state index contributed by atoms with van der Waals surface area (Å²) in [6, 6.07) is 16.9. The van der Waals surface area contributed by atoms with Crippen LogP contribution in [-0.4, -0.2) is 88.2 Å². The Labute approximate surface area is 274 Å². The smallest absolute Gasteiger partial charge is 0.260 e. The fourth-order valence-corrected chi connectivity index (χ4v) is 6.00. The predicted molar refractivity (Wildman–Crippen MR) is 183 cm³/mol.